The summed E-state index contributed by atoms with van der Waals surface area (Å²) in [7, 11) is 0. The molecule has 1 aromatic heterocycles. The number of esters is 3. The summed E-state index contributed by atoms with van der Waals surface area (Å²) in [5, 5.41) is 0. The van der Waals surface area contributed by atoms with Crippen LogP contribution in [0.5, 0.6) is 0 Å². The fourth-order valence-corrected chi connectivity index (χ4v) is 6.60. The number of nitrogens with one attached hydrogen (secondary N) is 1. The van der Waals surface area contributed by atoms with E-state index in [0.29, 0.717) is 0 Å². The van der Waals surface area contributed by atoms with Crippen LogP contribution in [0, 0.1) is 20.8 Å². The summed E-state index contributed by atoms with van der Waals surface area (Å²) in [4.78, 5) is 70.7. The van der Waals surface area contributed by atoms with Crippen LogP contribution in [0.25, 0.3) is 6.08 Å². The van der Waals surface area contributed by atoms with Crippen molar-refractivity contribution in [3.05, 3.63) is 144 Å². The van der Waals surface area contributed by atoms with Gasteiger partial charge in [0.25, 0.3) is 0 Å². The molecule has 0 bridgehead atoms. The van der Waals surface area contributed by atoms with Gasteiger partial charge >= 0.3 is 219 Å². The zero-order valence-electron chi connectivity index (χ0n) is 28.8. The van der Waals surface area contributed by atoms with E-state index >= 15 is 0 Å². The van der Waals surface area contributed by atoms with Crippen molar-refractivity contribution in [2.75, 3.05) is 6.61 Å². The summed E-state index contributed by atoms with van der Waals surface area (Å²) in [6, 6.07) is 20.1. The van der Waals surface area contributed by atoms with Crippen LogP contribution in [0.3, 0.4) is 0 Å². The van der Waals surface area contributed by atoms with E-state index in [9.17, 15) is 24.0 Å². The molecule has 2 heterocycles. The third kappa shape index (κ3) is 8.96. The molecule has 3 aromatic carbocycles. The van der Waals surface area contributed by atoms with Crippen LogP contribution in [0.2, 0.25) is 17.3 Å². The van der Waals surface area contributed by atoms with Crippen LogP contribution in [0.4, 0.5) is 0 Å². The van der Waals surface area contributed by atoms with Gasteiger partial charge in [0.1, 0.15) is 0 Å². The molecule has 0 saturated carbocycles. The molecule has 50 heavy (non-hydrogen) atoms. The monoisotopic (exact) mass is 742 g/mol. The second kappa shape index (κ2) is 15.3. The Hall–Kier alpha value is -5.01. The number of carbonyl (C=O) groups is 3. The third-order valence-corrected chi connectivity index (χ3v) is 10.5. The molecule has 1 N–H and O–H groups in total. The van der Waals surface area contributed by atoms with Gasteiger partial charge < -0.3 is 0 Å². The van der Waals surface area contributed by atoms with Crippen LogP contribution in [0.15, 0.2) is 93.5 Å². The summed E-state index contributed by atoms with van der Waals surface area (Å²) in [6.45, 7) is 5.21. The minimum absolute atomic E-state index is 0.180. The zero-order chi connectivity index (χ0) is 36.2. The number of carbonyl (C=O) groups excluding carboxylic acids is 3. The predicted octanol–water partition coefficient (Wildman–Crippen LogP) is 5.56. The first-order valence-electron chi connectivity index (χ1n) is 16.2. The fraction of sp³-hybridized carbons (Fsp3) is 0.289. The topological polar surface area (TPSA) is 143 Å². The van der Waals surface area contributed by atoms with Crippen LogP contribution in [0.1, 0.15) is 59.6 Å². The molecule has 11 nitrogen and oxygen atoms in total. The van der Waals surface area contributed by atoms with Crippen molar-refractivity contribution in [1.29, 1.82) is 0 Å². The number of ether oxygens (including phenoxy) is 4. The van der Waals surface area contributed by atoms with E-state index in [1.807, 2.05) is 25.7 Å². The van der Waals surface area contributed by atoms with Gasteiger partial charge in [0, 0.05) is 0 Å². The first kappa shape index (κ1) is 36.3. The van der Waals surface area contributed by atoms with Gasteiger partial charge in [0.05, 0.1) is 0 Å². The van der Waals surface area contributed by atoms with Gasteiger partial charge in [-0.2, -0.15) is 0 Å². The van der Waals surface area contributed by atoms with Crippen molar-refractivity contribution < 1.29 is 33.3 Å². The molecule has 1 fully saturated rings. The van der Waals surface area contributed by atoms with Crippen molar-refractivity contribution in [1.82, 2.24) is 9.55 Å². The summed E-state index contributed by atoms with van der Waals surface area (Å²) >= 11 is -2.27. The average Bonchev–Trinajstić information content (AvgIpc) is 3.39. The quantitative estimate of drug-likeness (QED) is 0.126. The van der Waals surface area contributed by atoms with E-state index in [0.717, 1.165) is 21.3 Å². The van der Waals surface area contributed by atoms with Crippen molar-refractivity contribution in [3.8, 4) is 0 Å². The number of aromatic nitrogens is 2. The molecule has 0 unspecified atom stereocenters. The molecule has 0 spiro atoms. The van der Waals surface area contributed by atoms with Crippen LogP contribution in [-0.4, -0.2) is 65.6 Å². The van der Waals surface area contributed by atoms with Gasteiger partial charge in [-0.05, 0) is 32.9 Å². The van der Waals surface area contributed by atoms with Crippen molar-refractivity contribution in [2.45, 2.75) is 62.6 Å². The molecule has 12 heteroatoms. The molecule has 260 valence electrons. The number of benzene rings is 3. The van der Waals surface area contributed by atoms with Crippen LogP contribution < -0.4 is 11.2 Å². The number of rotatable bonds is 10. The van der Waals surface area contributed by atoms with Gasteiger partial charge in [-0.1, -0.05) is 41.0 Å². The minimum atomic E-state index is -2.27. The Kier molecular flexibility index (Phi) is 11.1. The molecule has 1 aliphatic rings. The number of nitrogens with zero attached hydrogens (tertiary/aromatic N) is 1. The third-order valence-electron chi connectivity index (χ3n) is 8.04. The van der Waals surface area contributed by atoms with Crippen molar-refractivity contribution in [3.63, 3.8) is 0 Å². The number of hydrogen-bond donors (Lipinski definition) is 1. The van der Waals surface area contributed by atoms with Gasteiger partial charge in [-0.3, -0.25) is 0 Å². The summed E-state index contributed by atoms with van der Waals surface area (Å²) < 4.78 is 25.0. The Bertz CT molecular complexity index is 2010. The Morgan fingerprint density at radius 2 is 1.20 bits per heavy atom. The second-order valence-electron chi connectivity index (χ2n) is 13.5. The second-order valence-corrected chi connectivity index (χ2v) is 24.1. The summed E-state index contributed by atoms with van der Waals surface area (Å²) in [5.74, 6) is 4.23. The average molecular weight is 741 g/mol. The Morgan fingerprint density at radius 3 is 1.68 bits per heavy atom. The Labute approximate surface area is 292 Å². The standard InChI is InChI=1S/C38H40GeN2O9/c1-23-7-13-26(14-8-23)35(43)47-22-30-31(49-36(44)27-15-9-24(2)10-16-27)32(50-37(45)28-17-11-25(3)12-18-28)34(48-30)41-21-29(19-20-39(4,5)6)33(42)40-38(41)46/h7-21,30-32,34H,22H2,1-6H3,(H,40,42,46)/b20-19+/t30-,31-,32-,34-/m1/s1. The van der Waals surface area contributed by atoms with Crippen LogP contribution >= 0.6 is 0 Å². The molecule has 1 saturated heterocycles. The molecule has 5 rings (SSSR count). The minimum Gasteiger partial charge on any atom is -0.0585 e. The van der Waals surface area contributed by atoms with E-state index in [1.54, 1.807) is 78.9 Å². The predicted molar refractivity (Wildman–Crippen MR) is 190 cm³/mol. The molecule has 0 radical (unpaired) electrons. The fourth-order valence-electron chi connectivity index (χ4n) is 5.18. The first-order valence-corrected chi connectivity index (χ1v) is 23.7. The SMILES string of the molecule is Cc1ccc(C(=O)OC[C@H]2O[C@@H](n3cc(/C=[CH]/[Ge]([CH3])([CH3])[CH3])c(=O)[nH]c3=O)[C@H](OC(=O)c3ccc(C)cc3)[C@@H]2OC(=O)c2ccc(C)cc2)cc1. The van der Waals surface area contributed by atoms with Gasteiger partial charge in [0.15, 0.2) is 0 Å². The maximum atomic E-state index is 13.6. The van der Waals surface area contributed by atoms with E-state index in [-0.39, 0.29) is 22.3 Å². The van der Waals surface area contributed by atoms with E-state index in [2.05, 4.69) is 22.3 Å². The molecule has 0 amide bonds. The summed E-state index contributed by atoms with van der Waals surface area (Å²) in [6.07, 6.45) is -2.37. The van der Waals surface area contributed by atoms with Crippen molar-refractivity contribution in [2.24, 2.45) is 0 Å². The van der Waals surface area contributed by atoms with Crippen molar-refractivity contribution >= 4 is 37.2 Å². The van der Waals surface area contributed by atoms with Gasteiger partial charge in [-0.25, -0.2) is 0 Å². The smallest absolute Gasteiger partial charge is 0.0585 e. The normalized spacial score (nSPS) is 18.9. The molecule has 1 aliphatic heterocycles. The molecule has 4 atom stereocenters. The van der Waals surface area contributed by atoms with E-state index in [1.165, 1.54) is 6.20 Å². The number of H-pyrrole nitrogens is 1. The number of aryl methyl sites for hydroxylation is 3. The van der Waals surface area contributed by atoms with Crippen LogP contribution in [-0.2, 0) is 18.9 Å². The van der Waals surface area contributed by atoms with Gasteiger partial charge in [-0.15, -0.1) is 0 Å². The van der Waals surface area contributed by atoms with E-state index in [4.69, 9.17) is 18.9 Å². The van der Waals surface area contributed by atoms with E-state index < -0.39 is 73.6 Å². The zero-order valence-corrected chi connectivity index (χ0v) is 30.9. The Balaban J connectivity index is 1.57. The number of hydrogen-bond acceptors (Lipinski definition) is 9. The Morgan fingerprint density at radius 1 is 0.740 bits per heavy atom. The molecule has 4 aromatic rings. The molecule has 0 aliphatic carbocycles. The van der Waals surface area contributed by atoms with Gasteiger partial charge in [0.2, 0.25) is 0 Å². The number of aromatic amines is 1. The maximum absolute atomic E-state index is 13.6. The first-order chi connectivity index (χ1) is 23.7. The molecular weight excluding hydrogens is 701 g/mol. The summed E-state index contributed by atoms with van der Waals surface area (Å²) in [5.41, 5.74) is 2.25. The molecular formula is C38H40GeN2O9.